The molecule has 0 atom stereocenters. The van der Waals surface area contributed by atoms with Crippen LogP contribution in [-0.2, 0) is 16.1 Å². The highest BCUT2D eigenvalue weighted by Crippen LogP contribution is 2.35. The second kappa shape index (κ2) is 10.5. The zero-order chi connectivity index (χ0) is 21.5. The van der Waals surface area contributed by atoms with Gasteiger partial charge < -0.3 is 9.64 Å². The maximum Gasteiger partial charge on any atom is 0.307 e. The molecule has 1 heterocycles. The van der Waals surface area contributed by atoms with E-state index in [4.69, 9.17) is 28.6 Å². The summed E-state index contributed by atoms with van der Waals surface area (Å²) in [7, 11) is 0. The van der Waals surface area contributed by atoms with Crippen molar-refractivity contribution in [1.82, 2.24) is 10.2 Å². The number of nitrogens with zero attached hydrogens (tertiary/aromatic N) is 1. The molecule has 1 N–H and O–H groups in total. The van der Waals surface area contributed by atoms with Crippen LogP contribution in [0.15, 0.2) is 54.6 Å². The highest BCUT2D eigenvalue weighted by atomic mass is 35.5. The van der Waals surface area contributed by atoms with Gasteiger partial charge in [-0.05, 0) is 30.8 Å². The third-order valence-corrected chi connectivity index (χ3v) is 6.39. The molecular formula is C22H21ClN2O3S2. The van der Waals surface area contributed by atoms with Gasteiger partial charge in [-0.25, -0.2) is 0 Å². The lowest BCUT2D eigenvalue weighted by molar-refractivity contribution is -0.143. The summed E-state index contributed by atoms with van der Waals surface area (Å²) in [4.78, 5) is 26.9. The van der Waals surface area contributed by atoms with Crippen molar-refractivity contribution < 1.29 is 14.3 Å². The van der Waals surface area contributed by atoms with Crippen molar-refractivity contribution in [3.63, 3.8) is 0 Å². The molecule has 0 saturated carbocycles. The largest absolute Gasteiger partial charge is 0.466 e. The lowest BCUT2D eigenvalue weighted by atomic mass is 10.2. The smallest absolute Gasteiger partial charge is 0.307 e. The zero-order valence-corrected chi connectivity index (χ0v) is 18.8. The van der Waals surface area contributed by atoms with Crippen LogP contribution in [0.2, 0.25) is 5.02 Å². The predicted octanol–water partition coefficient (Wildman–Crippen LogP) is 5.02. The van der Waals surface area contributed by atoms with Gasteiger partial charge in [-0.1, -0.05) is 60.1 Å². The number of nitrogens with one attached hydrogen (secondary N) is 1. The highest BCUT2D eigenvalue weighted by molar-refractivity contribution is 7.80. The Kier molecular flexibility index (Phi) is 7.79. The van der Waals surface area contributed by atoms with Crippen LogP contribution < -0.4 is 5.32 Å². The molecule has 0 bridgehead atoms. The van der Waals surface area contributed by atoms with Crippen LogP contribution in [0.4, 0.5) is 0 Å². The van der Waals surface area contributed by atoms with Crippen molar-refractivity contribution >= 4 is 62.2 Å². The maximum atomic E-state index is 12.9. The number of ether oxygens (including phenoxy) is 1. The molecule has 3 aromatic rings. The number of hydrogen-bond donors (Lipinski definition) is 1. The van der Waals surface area contributed by atoms with Gasteiger partial charge in [0, 0.05) is 23.2 Å². The first kappa shape index (κ1) is 22.2. The molecule has 30 heavy (non-hydrogen) atoms. The summed E-state index contributed by atoms with van der Waals surface area (Å²) in [6.45, 7) is 2.87. The first-order valence-electron chi connectivity index (χ1n) is 9.46. The van der Waals surface area contributed by atoms with E-state index in [1.54, 1.807) is 11.8 Å². The number of benzene rings is 2. The molecule has 5 nitrogen and oxygen atoms in total. The average molecular weight is 461 g/mol. The standard InChI is InChI=1S/C22H21ClN2O3S2/c1-2-28-18(26)12-13-25(14-15-8-4-3-5-9-15)22(29)24-21(27)20-19(23)16-10-6-7-11-17(16)30-20/h3-11H,2,12-14H2,1H3,(H,24,27,29). The minimum atomic E-state index is -0.361. The summed E-state index contributed by atoms with van der Waals surface area (Å²) in [6.07, 6.45) is 0.167. The quantitative estimate of drug-likeness (QED) is 0.396. The number of thiophene rings is 1. The minimum Gasteiger partial charge on any atom is -0.466 e. The average Bonchev–Trinajstić information content (AvgIpc) is 3.09. The lowest BCUT2D eigenvalue weighted by Gasteiger charge is -2.25. The van der Waals surface area contributed by atoms with Crippen LogP contribution in [0.5, 0.6) is 0 Å². The second-order valence-electron chi connectivity index (χ2n) is 6.46. The van der Waals surface area contributed by atoms with E-state index in [2.05, 4.69) is 5.32 Å². The van der Waals surface area contributed by atoms with E-state index in [0.717, 1.165) is 15.6 Å². The van der Waals surface area contributed by atoms with Gasteiger partial charge in [0.1, 0.15) is 4.88 Å². The SMILES string of the molecule is CCOC(=O)CCN(Cc1ccccc1)C(=S)NC(=O)c1sc2ccccc2c1Cl. The molecule has 0 aliphatic carbocycles. The van der Waals surface area contributed by atoms with Crippen LogP contribution >= 0.6 is 35.2 Å². The third-order valence-electron chi connectivity index (χ3n) is 4.36. The van der Waals surface area contributed by atoms with Crippen LogP contribution in [0.25, 0.3) is 10.1 Å². The molecule has 1 amide bonds. The van der Waals surface area contributed by atoms with Gasteiger partial charge in [-0.2, -0.15) is 0 Å². The molecule has 1 aromatic heterocycles. The van der Waals surface area contributed by atoms with Crippen molar-refractivity contribution in [1.29, 1.82) is 0 Å². The minimum absolute atomic E-state index is 0.167. The topological polar surface area (TPSA) is 58.6 Å². The van der Waals surface area contributed by atoms with Crippen LogP contribution in [-0.4, -0.2) is 35.0 Å². The molecule has 3 rings (SSSR count). The Morgan fingerprint density at radius 2 is 1.83 bits per heavy atom. The number of thiocarbonyl (C=S) groups is 1. The Morgan fingerprint density at radius 3 is 2.53 bits per heavy atom. The Hall–Kier alpha value is -2.48. The summed E-state index contributed by atoms with van der Waals surface area (Å²) in [5.41, 5.74) is 1.01. The molecule has 0 unspecified atom stereocenters. The fourth-order valence-corrected chi connectivity index (χ4v) is 4.57. The normalized spacial score (nSPS) is 10.6. The number of carbonyl (C=O) groups excluding carboxylic acids is 2. The monoisotopic (exact) mass is 460 g/mol. The molecule has 0 spiro atoms. The lowest BCUT2D eigenvalue weighted by Crippen LogP contribution is -2.43. The van der Waals surface area contributed by atoms with Crippen molar-refractivity contribution in [3.8, 4) is 0 Å². The number of rotatable bonds is 7. The first-order chi connectivity index (χ1) is 14.5. The van der Waals surface area contributed by atoms with Gasteiger partial charge in [-0.15, -0.1) is 11.3 Å². The fraction of sp³-hybridized carbons (Fsp3) is 0.227. The van der Waals surface area contributed by atoms with Crippen molar-refractivity contribution in [2.45, 2.75) is 19.9 Å². The van der Waals surface area contributed by atoms with Gasteiger partial charge in [-0.3, -0.25) is 14.9 Å². The van der Waals surface area contributed by atoms with Gasteiger partial charge in [0.05, 0.1) is 18.1 Å². The Labute approximate surface area is 189 Å². The fourth-order valence-electron chi connectivity index (χ4n) is 2.91. The molecule has 156 valence electrons. The van der Waals surface area contributed by atoms with Gasteiger partial charge in [0.15, 0.2) is 5.11 Å². The Morgan fingerprint density at radius 1 is 1.13 bits per heavy atom. The van der Waals surface area contributed by atoms with E-state index in [1.807, 2.05) is 54.6 Å². The summed E-state index contributed by atoms with van der Waals surface area (Å²) in [5.74, 6) is -0.669. The van der Waals surface area contributed by atoms with Gasteiger partial charge in [0.25, 0.3) is 5.91 Å². The number of hydrogen-bond acceptors (Lipinski definition) is 5. The van der Waals surface area contributed by atoms with Gasteiger partial charge in [0.2, 0.25) is 0 Å². The molecule has 0 aliphatic heterocycles. The number of halogens is 1. The molecular weight excluding hydrogens is 440 g/mol. The van der Waals surface area contributed by atoms with Crippen LogP contribution in [0.1, 0.15) is 28.6 Å². The molecule has 2 aromatic carbocycles. The van der Waals surface area contributed by atoms with Gasteiger partial charge >= 0.3 is 5.97 Å². The molecule has 0 saturated heterocycles. The number of carbonyl (C=O) groups is 2. The van der Waals surface area contributed by atoms with E-state index >= 15 is 0 Å². The van der Waals surface area contributed by atoms with E-state index in [0.29, 0.717) is 29.6 Å². The van der Waals surface area contributed by atoms with E-state index in [1.165, 1.54) is 11.3 Å². The number of amides is 1. The Balaban J connectivity index is 1.74. The van der Waals surface area contributed by atoms with Crippen LogP contribution in [0.3, 0.4) is 0 Å². The summed E-state index contributed by atoms with van der Waals surface area (Å²) >= 11 is 13.2. The zero-order valence-electron chi connectivity index (χ0n) is 16.4. The third kappa shape index (κ3) is 5.56. The molecule has 8 heteroatoms. The predicted molar refractivity (Wildman–Crippen MR) is 125 cm³/mol. The maximum absolute atomic E-state index is 12.9. The van der Waals surface area contributed by atoms with Crippen molar-refractivity contribution in [2.24, 2.45) is 0 Å². The van der Waals surface area contributed by atoms with Crippen molar-refractivity contribution in [2.75, 3.05) is 13.2 Å². The van der Waals surface area contributed by atoms with E-state index in [-0.39, 0.29) is 23.4 Å². The Bertz CT molecular complexity index is 1050. The van der Waals surface area contributed by atoms with E-state index < -0.39 is 0 Å². The van der Waals surface area contributed by atoms with Crippen LogP contribution in [0, 0.1) is 0 Å². The van der Waals surface area contributed by atoms with Crippen molar-refractivity contribution in [3.05, 3.63) is 70.1 Å². The molecule has 0 aliphatic rings. The highest BCUT2D eigenvalue weighted by Gasteiger charge is 2.20. The first-order valence-corrected chi connectivity index (χ1v) is 11.1. The number of esters is 1. The summed E-state index contributed by atoms with van der Waals surface area (Å²) in [5, 5.41) is 4.25. The summed E-state index contributed by atoms with van der Waals surface area (Å²) in [6, 6.07) is 17.3. The molecule has 0 radical (unpaired) electrons. The number of fused-ring (bicyclic) bond motifs is 1. The summed E-state index contributed by atoms with van der Waals surface area (Å²) < 4.78 is 5.94. The second-order valence-corrected chi connectivity index (χ2v) is 8.28. The molecule has 0 fully saturated rings. The van der Waals surface area contributed by atoms with E-state index in [9.17, 15) is 9.59 Å².